The summed E-state index contributed by atoms with van der Waals surface area (Å²) >= 11 is 0. The Bertz CT molecular complexity index is 721. The van der Waals surface area contributed by atoms with E-state index in [1.165, 1.54) is 12.1 Å². The number of ether oxygens (including phenoxy) is 1. The lowest BCUT2D eigenvalue weighted by molar-refractivity contribution is 0.305. The average Bonchev–Trinajstić information content (AvgIpc) is 2.51. The third-order valence-electron chi connectivity index (χ3n) is 2.68. The third-order valence-corrected chi connectivity index (χ3v) is 2.68. The first-order chi connectivity index (χ1) is 10.2. The molecule has 0 aliphatic rings. The van der Waals surface area contributed by atoms with Gasteiger partial charge < -0.3 is 10.5 Å². The van der Waals surface area contributed by atoms with Gasteiger partial charge in [-0.2, -0.15) is 5.26 Å². The van der Waals surface area contributed by atoms with Crippen LogP contribution >= 0.6 is 0 Å². The summed E-state index contributed by atoms with van der Waals surface area (Å²) < 4.78 is 18.8. The first-order valence-corrected chi connectivity index (χ1v) is 6.32. The zero-order valence-electron chi connectivity index (χ0n) is 11.3. The van der Waals surface area contributed by atoms with Crippen molar-refractivity contribution < 1.29 is 9.13 Å². The van der Waals surface area contributed by atoms with E-state index >= 15 is 0 Å². The van der Waals surface area contributed by atoms with E-state index in [-0.39, 0.29) is 12.2 Å². The van der Waals surface area contributed by atoms with Gasteiger partial charge in [-0.3, -0.25) is 0 Å². The molecule has 4 heteroatoms. The van der Waals surface area contributed by atoms with Crippen molar-refractivity contribution in [2.45, 2.75) is 6.61 Å². The first kappa shape index (κ1) is 14.6. The van der Waals surface area contributed by atoms with Crippen LogP contribution in [0.2, 0.25) is 0 Å². The van der Waals surface area contributed by atoms with E-state index in [1.807, 2.05) is 18.2 Å². The molecule has 0 spiro atoms. The largest absolute Gasteiger partial charge is 0.489 e. The molecule has 104 valence electrons. The molecule has 0 saturated heterocycles. The highest BCUT2D eigenvalue weighted by atomic mass is 19.1. The predicted molar refractivity (Wildman–Crippen MR) is 77.8 cm³/mol. The molecule has 2 N–H and O–H groups in total. The summed E-state index contributed by atoms with van der Waals surface area (Å²) in [6.07, 6.45) is 0. The molecular formula is C17H13FN2O. The number of rotatable bonds is 3. The second kappa shape index (κ2) is 7.09. The van der Waals surface area contributed by atoms with E-state index in [0.29, 0.717) is 17.9 Å². The van der Waals surface area contributed by atoms with Crippen molar-refractivity contribution in [1.82, 2.24) is 0 Å². The van der Waals surface area contributed by atoms with E-state index in [9.17, 15) is 4.39 Å². The molecule has 0 aromatic heterocycles. The maximum absolute atomic E-state index is 13.3. The minimum Gasteiger partial charge on any atom is -0.489 e. The molecule has 2 aromatic rings. The van der Waals surface area contributed by atoms with Crippen molar-refractivity contribution in [2.75, 3.05) is 6.54 Å². The van der Waals surface area contributed by atoms with Gasteiger partial charge in [0.2, 0.25) is 0 Å². The predicted octanol–water partition coefficient (Wildman–Crippen LogP) is 2.59. The maximum atomic E-state index is 13.3. The normalized spacial score (nSPS) is 9.38. The Morgan fingerprint density at radius 2 is 1.86 bits per heavy atom. The van der Waals surface area contributed by atoms with E-state index in [0.717, 1.165) is 5.56 Å². The molecule has 3 nitrogen and oxygen atoms in total. The van der Waals surface area contributed by atoms with Crippen LogP contribution in [0.25, 0.3) is 0 Å². The molecule has 0 unspecified atom stereocenters. The Kier molecular flexibility index (Phi) is 4.93. The summed E-state index contributed by atoms with van der Waals surface area (Å²) in [7, 11) is 0. The van der Waals surface area contributed by atoms with Crippen LogP contribution < -0.4 is 10.5 Å². The number of nitriles is 1. The van der Waals surface area contributed by atoms with Gasteiger partial charge >= 0.3 is 0 Å². The molecule has 0 aliphatic heterocycles. The van der Waals surface area contributed by atoms with Gasteiger partial charge in [0, 0.05) is 5.56 Å². The van der Waals surface area contributed by atoms with Gasteiger partial charge in [-0.15, -0.1) is 0 Å². The van der Waals surface area contributed by atoms with Crippen molar-refractivity contribution >= 4 is 0 Å². The number of halogens is 1. The van der Waals surface area contributed by atoms with Gasteiger partial charge in [0.05, 0.1) is 18.2 Å². The van der Waals surface area contributed by atoms with Crippen molar-refractivity contribution in [2.24, 2.45) is 5.73 Å². The SMILES string of the molecule is N#Cc1cc(F)cc(COc2ccc(C#CCN)cc2)c1. The third kappa shape index (κ3) is 4.35. The first-order valence-electron chi connectivity index (χ1n) is 6.32. The topological polar surface area (TPSA) is 59.0 Å². The lowest BCUT2D eigenvalue weighted by atomic mass is 10.1. The van der Waals surface area contributed by atoms with Gasteiger partial charge in [-0.1, -0.05) is 11.8 Å². The Hall–Kier alpha value is -2.82. The number of benzene rings is 2. The number of hydrogen-bond acceptors (Lipinski definition) is 3. The van der Waals surface area contributed by atoms with Crippen molar-refractivity contribution in [3.8, 4) is 23.7 Å². The summed E-state index contributed by atoms with van der Waals surface area (Å²) in [6.45, 7) is 0.513. The van der Waals surface area contributed by atoms with Crippen LogP contribution in [-0.4, -0.2) is 6.54 Å². The Morgan fingerprint density at radius 3 is 2.52 bits per heavy atom. The Balaban J connectivity index is 2.03. The smallest absolute Gasteiger partial charge is 0.124 e. The van der Waals surface area contributed by atoms with Crippen LogP contribution in [0.3, 0.4) is 0 Å². The van der Waals surface area contributed by atoms with Gasteiger partial charge in [-0.25, -0.2) is 4.39 Å². The molecular weight excluding hydrogens is 267 g/mol. The molecule has 0 heterocycles. The highest BCUT2D eigenvalue weighted by Gasteiger charge is 2.02. The molecule has 0 fully saturated rings. The molecule has 0 bridgehead atoms. The molecule has 0 saturated carbocycles. The fourth-order valence-corrected chi connectivity index (χ4v) is 1.75. The zero-order chi connectivity index (χ0) is 15.1. The molecule has 0 amide bonds. The van der Waals surface area contributed by atoms with Crippen LogP contribution in [0, 0.1) is 29.0 Å². The lowest BCUT2D eigenvalue weighted by Gasteiger charge is -2.07. The quantitative estimate of drug-likeness (QED) is 0.879. The maximum Gasteiger partial charge on any atom is 0.124 e. The second-order valence-corrected chi connectivity index (χ2v) is 4.28. The van der Waals surface area contributed by atoms with E-state index in [1.54, 1.807) is 18.2 Å². The zero-order valence-corrected chi connectivity index (χ0v) is 11.3. The number of nitrogens with two attached hydrogens (primary N) is 1. The summed E-state index contributed by atoms with van der Waals surface area (Å²) in [6, 6.07) is 13.3. The summed E-state index contributed by atoms with van der Waals surface area (Å²) in [5.41, 5.74) is 7.04. The highest BCUT2D eigenvalue weighted by Crippen LogP contribution is 2.15. The lowest BCUT2D eigenvalue weighted by Crippen LogP contribution is -1.97. The van der Waals surface area contributed by atoms with Gasteiger partial charge in [-0.05, 0) is 48.0 Å². The summed E-state index contributed by atoms with van der Waals surface area (Å²) in [4.78, 5) is 0. The average molecular weight is 280 g/mol. The fraction of sp³-hybridized carbons (Fsp3) is 0.118. The molecule has 2 rings (SSSR count). The highest BCUT2D eigenvalue weighted by molar-refractivity contribution is 5.38. The summed E-state index contributed by atoms with van der Waals surface area (Å²) in [5.74, 6) is 5.88. The van der Waals surface area contributed by atoms with Crippen molar-refractivity contribution in [3.63, 3.8) is 0 Å². The van der Waals surface area contributed by atoms with Crippen LogP contribution in [0.15, 0.2) is 42.5 Å². The minimum absolute atomic E-state index is 0.195. The Labute approximate surface area is 122 Å². The molecule has 21 heavy (non-hydrogen) atoms. The van der Waals surface area contributed by atoms with Crippen LogP contribution in [0.5, 0.6) is 5.75 Å². The van der Waals surface area contributed by atoms with Crippen molar-refractivity contribution in [3.05, 3.63) is 65.0 Å². The standard InChI is InChI=1S/C17H13FN2O/c18-16-9-14(11-20)8-15(10-16)12-21-17-5-3-13(4-6-17)2-1-7-19/h3-6,8-10H,7,12,19H2. The number of nitrogens with zero attached hydrogens (tertiary/aromatic N) is 1. The van der Waals surface area contributed by atoms with Gasteiger partial charge in [0.1, 0.15) is 18.2 Å². The van der Waals surface area contributed by atoms with Crippen LogP contribution in [-0.2, 0) is 6.61 Å². The second-order valence-electron chi connectivity index (χ2n) is 4.28. The number of hydrogen-bond donors (Lipinski definition) is 1. The molecule has 0 aliphatic carbocycles. The summed E-state index contributed by atoms with van der Waals surface area (Å²) in [5, 5.41) is 8.79. The molecule has 0 radical (unpaired) electrons. The van der Waals surface area contributed by atoms with E-state index < -0.39 is 5.82 Å². The minimum atomic E-state index is -0.444. The molecule has 2 aromatic carbocycles. The van der Waals surface area contributed by atoms with Crippen LogP contribution in [0.1, 0.15) is 16.7 Å². The molecule has 0 atom stereocenters. The Morgan fingerprint density at radius 1 is 1.10 bits per heavy atom. The van der Waals surface area contributed by atoms with E-state index in [4.69, 9.17) is 15.7 Å². The fourth-order valence-electron chi connectivity index (χ4n) is 1.75. The van der Waals surface area contributed by atoms with Crippen molar-refractivity contribution in [1.29, 1.82) is 5.26 Å². The van der Waals surface area contributed by atoms with Gasteiger partial charge in [0.25, 0.3) is 0 Å². The van der Waals surface area contributed by atoms with E-state index in [2.05, 4.69) is 11.8 Å². The van der Waals surface area contributed by atoms with Crippen LogP contribution in [0.4, 0.5) is 4.39 Å². The van der Waals surface area contributed by atoms with Gasteiger partial charge in [0.15, 0.2) is 0 Å². The monoisotopic (exact) mass is 280 g/mol.